The zero-order valence-electron chi connectivity index (χ0n) is 16.6. The Labute approximate surface area is 174 Å². The number of anilines is 1. The Kier molecular flexibility index (Phi) is 5.47. The number of aromatic nitrogens is 3. The molecule has 2 heterocycles. The van der Waals surface area contributed by atoms with E-state index < -0.39 is 0 Å². The highest BCUT2D eigenvalue weighted by atomic mass is 32.1. The molecule has 154 valence electrons. The van der Waals surface area contributed by atoms with Crippen LogP contribution in [-0.4, -0.2) is 51.3 Å². The predicted molar refractivity (Wildman–Crippen MR) is 115 cm³/mol. The number of nitrogens with one attached hydrogen (secondary N) is 1. The molecule has 3 N–H and O–H groups in total. The lowest BCUT2D eigenvalue weighted by molar-refractivity contribution is 0.122. The maximum atomic E-state index is 10.5. The van der Waals surface area contributed by atoms with Crippen molar-refractivity contribution in [2.75, 3.05) is 31.2 Å². The summed E-state index contributed by atoms with van der Waals surface area (Å²) in [5.74, 6) is 0.971. The van der Waals surface area contributed by atoms with E-state index in [1.54, 1.807) is 0 Å². The number of nitrogens with zero attached hydrogens (tertiary/aromatic N) is 3. The first kappa shape index (κ1) is 19.7. The molecular formula is C21H26N4O3S. The van der Waals surface area contributed by atoms with Crippen molar-refractivity contribution in [3.8, 4) is 5.69 Å². The standard InChI is InChI=1S/C21H26N4O3S/c1-13(2)16-11-17(19(27)12-18(16)26)20-22-23-21(29)25(20)15-5-3-14(4-6-15)24-7-9-28-10-8-24/h3-6,12-13,16,26-27H,7-11H2,1-2H3,(H,23,29). The van der Waals surface area contributed by atoms with Gasteiger partial charge in [-0.15, -0.1) is 0 Å². The molecule has 1 fully saturated rings. The molecule has 0 spiro atoms. The van der Waals surface area contributed by atoms with E-state index in [0.717, 1.165) is 37.7 Å². The zero-order valence-corrected chi connectivity index (χ0v) is 17.4. The van der Waals surface area contributed by atoms with E-state index in [1.807, 2.05) is 16.7 Å². The SMILES string of the molecule is CC(C)C1CC(c2n[nH]c(=S)n2-c2ccc(N3CCOCC3)cc2)=C(O)C=C1O. The topological polar surface area (TPSA) is 86.5 Å². The Morgan fingerprint density at radius 3 is 2.45 bits per heavy atom. The van der Waals surface area contributed by atoms with Gasteiger partial charge in [0.25, 0.3) is 0 Å². The largest absolute Gasteiger partial charge is 0.512 e. The van der Waals surface area contributed by atoms with Crippen molar-refractivity contribution in [1.29, 1.82) is 0 Å². The van der Waals surface area contributed by atoms with Crippen molar-refractivity contribution in [2.24, 2.45) is 11.8 Å². The third-order valence-electron chi connectivity index (χ3n) is 5.63. The first-order chi connectivity index (χ1) is 14.0. The number of aliphatic hydroxyl groups excluding tert-OH is 2. The number of hydrogen-bond donors (Lipinski definition) is 3. The molecule has 1 aromatic heterocycles. The lowest BCUT2D eigenvalue weighted by atomic mass is 9.83. The fourth-order valence-electron chi connectivity index (χ4n) is 3.92. The highest BCUT2D eigenvalue weighted by Crippen LogP contribution is 2.37. The number of allylic oxidation sites excluding steroid dienone is 3. The van der Waals surface area contributed by atoms with E-state index in [4.69, 9.17) is 17.0 Å². The van der Waals surface area contributed by atoms with Gasteiger partial charge < -0.3 is 19.8 Å². The molecular weight excluding hydrogens is 388 g/mol. The first-order valence-corrected chi connectivity index (χ1v) is 10.3. The third kappa shape index (κ3) is 3.82. The van der Waals surface area contributed by atoms with Gasteiger partial charge in [0.1, 0.15) is 5.76 Å². The number of rotatable bonds is 4. The van der Waals surface area contributed by atoms with Crippen LogP contribution >= 0.6 is 12.2 Å². The van der Waals surface area contributed by atoms with Crippen LogP contribution in [0.4, 0.5) is 5.69 Å². The maximum absolute atomic E-state index is 10.5. The van der Waals surface area contributed by atoms with E-state index in [1.165, 1.54) is 6.08 Å². The van der Waals surface area contributed by atoms with Crippen LogP contribution in [0.2, 0.25) is 0 Å². The molecule has 1 aliphatic carbocycles. The molecule has 7 nitrogen and oxygen atoms in total. The van der Waals surface area contributed by atoms with Crippen molar-refractivity contribution in [3.63, 3.8) is 0 Å². The summed E-state index contributed by atoms with van der Waals surface area (Å²) in [7, 11) is 0. The Morgan fingerprint density at radius 1 is 1.14 bits per heavy atom. The molecule has 1 unspecified atom stereocenters. The van der Waals surface area contributed by atoms with E-state index in [9.17, 15) is 10.2 Å². The second kappa shape index (κ2) is 8.04. The molecule has 2 aromatic rings. The first-order valence-electron chi connectivity index (χ1n) is 9.89. The van der Waals surface area contributed by atoms with E-state index in [-0.39, 0.29) is 23.4 Å². The van der Waals surface area contributed by atoms with Gasteiger partial charge >= 0.3 is 0 Å². The summed E-state index contributed by atoms with van der Waals surface area (Å²) in [6.45, 7) is 7.34. The van der Waals surface area contributed by atoms with Crippen LogP contribution in [-0.2, 0) is 4.74 Å². The quantitative estimate of drug-likeness (QED) is 0.652. The minimum Gasteiger partial charge on any atom is -0.512 e. The normalized spacial score (nSPS) is 20.3. The average molecular weight is 415 g/mol. The Hall–Kier alpha value is -2.58. The monoisotopic (exact) mass is 414 g/mol. The summed E-state index contributed by atoms with van der Waals surface area (Å²) < 4.78 is 7.71. The molecule has 8 heteroatoms. The van der Waals surface area contributed by atoms with Crippen LogP contribution in [0, 0.1) is 16.6 Å². The second-order valence-electron chi connectivity index (χ2n) is 7.79. The lowest BCUT2D eigenvalue weighted by Crippen LogP contribution is -2.36. The van der Waals surface area contributed by atoms with Crippen molar-refractivity contribution < 1.29 is 14.9 Å². The van der Waals surface area contributed by atoms with Crippen molar-refractivity contribution in [1.82, 2.24) is 14.8 Å². The van der Waals surface area contributed by atoms with Crippen LogP contribution < -0.4 is 4.90 Å². The smallest absolute Gasteiger partial charge is 0.200 e. The highest BCUT2D eigenvalue weighted by molar-refractivity contribution is 7.71. The van der Waals surface area contributed by atoms with Gasteiger partial charge in [0.15, 0.2) is 10.6 Å². The average Bonchev–Trinajstić information content (AvgIpc) is 3.10. The van der Waals surface area contributed by atoms with Gasteiger partial charge in [0.2, 0.25) is 0 Å². The van der Waals surface area contributed by atoms with Crippen LogP contribution in [0.5, 0.6) is 0 Å². The molecule has 1 saturated heterocycles. The molecule has 1 aromatic carbocycles. The summed E-state index contributed by atoms with van der Waals surface area (Å²) in [4.78, 5) is 2.29. The molecule has 0 radical (unpaired) electrons. The fraction of sp³-hybridized carbons (Fsp3) is 0.429. The number of ether oxygens (including phenoxy) is 1. The van der Waals surface area contributed by atoms with E-state index in [2.05, 4.69) is 41.1 Å². The summed E-state index contributed by atoms with van der Waals surface area (Å²) in [6.07, 6.45) is 1.92. The number of morpholine rings is 1. The third-order valence-corrected chi connectivity index (χ3v) is 5.90. The van der Waals surface area contributed by atoms with Gasteiger partial charge in [-0.3, -0.25) is 9.67 Å². The minimum absolute atomic E-state index is 0.0274. The van der Waals surface area contributed by atoms with Crippen molar-refractivity contribution in [2.45, 2.75) is 20.3 Å². The molecule has 0 amide bonds. The summed E-state index contributed by atoms with van der Waals surface area (Å²) in [5.41, 5.74) is 2.68. The highest BCUT2D eigenvalue weighted by Gasteiger charge is 2.29. The molecule has 29 heavy (non-hydrogen) atoms. The predicted octanol–water partition coefficient (Wildman–Crippen LogP) is 4.15. The zero-order chi connectivity index (χ0) is 20.5. The number of benzene rings is 1. The van der Waals surface area contributed by atoms with Gasteiger partial charge in [-0.2, -0.15) is 5.10 Å². The summed E-state index contributed by atoms with van der Waals surface area (Å²) in [6, 6.07) is 8.15. The second-order valence-corrected chi connectivity index (χ2v) is 8.18. The molecule has 0 bridgehead atoms. The Morgan fingerprint density at radius 2 is 1.79 bits per heavy atom. The van der Waals surface area contributed by atoms with Crippen LogP contribution in [0.3, 0.4) is 0 Å². The lowest BCUT2D eigenvalue weighted by Gasteiger charge is -2.29. The molecule has 4 rings (SSSR count). The van der Waals surface area contributed by atoms with Gasteiger partial charge in [0, 0.05) is 36.3 Å². The van der Waals surface area contributed by atoms with E-state index in [0.29, 0.717) is 22.6 Å². The minimum atomic E-state index is -0.0664. The Balaban J connectivity index is 1.69. The number of hydrogen-bond acceptors (Lipinski definition) is 6. The van der Waals surface area contributed by atoms with Gasteiger partial charge in [-0.1, -0.05) is 13.8 Å². The summed E-state index contributed by atoms with van der Waals surface area (Å²) >= 11 is 5.47. The maximum Gasteiger partial charge on any atom is 0.200 e. The van der Waals surface area contributed by atoms with Gasteiger partial charge in [0.05, 0.1) is 24.7 Å². The van der Waals surface area contributed by atoms with Gasteiger partial charge in [-0.25, -0.2) is 0 Å². The Bertz CT molecular complexity index is 998. The van der Waals surface area contributed by atoms with Crippen LogP contribution in [0.1, 0.15) is 26.1 Å². The van der Waals surface area contributed by atoms with Crippen LogP contribution in [0.15, 0.2) is 41.9 Å². The molecule has 0 saturated carbocycles. The van der Waals surface area contributed by atoms with Gasteiger partial charge in [-0.05, 0) is 48.8 Å². The van der Waals surface area contributed by atoms with Crippen molar-refractivity contribution in [3.05, 3.63) is 52.5 Å². The molecule has 2 aliphatic rings. The number of H-pyrrole nitrogens is 1. The molecule has 1 atom stereocenters. The molecule has 1 aliphatic heterocycles. The number of aliphatic hydroxyl groups is 2. The fourth-order valence-corrected chi connectivity index (χ4v) is 4.16. The number of aromatic amines is 1. The van der Waals surface area contributed by atoms with E-state index >= 15 is 0 Å². The summed E-state index contributed by atoms with van der Waals surface area (Å²) in [5, 5.41) is 28.0. The van der Waals surface area contributed by atoms with Crippen molar-refractivity contribution >= 4 is 23.5 Å². The van der Waals surface area contributed by atoms with Crippen LogP contribution in [0.25, 0.3) is 11.3 Å².